The molecule has 0 saturated heterocycles. The van der Waals surface area contributed by atoms with E-state index >= 15 is 0 Å². The molecule has 0 aliphatic carbocycles. The molecule has 1 heterocycles. The highest BCUT2D eigenvalue weighted by molar-refractivity contribution is 7.99. The zero-order valence-corrected chi connectivity index (χ0v) is 12.8. The van der Waals surface area contributed by atoms with Crippen molar-refractivity contribution in [1.29, 1.82) is 5.26 Å². The van der Waals surface area contributed by atoms with Crippen LogP contribution in [0.25, 0.3) is 0 Å². The summed E-state index contributed by atoms with van der Waals surface area (Å²) in [4.78, 5) is 15.6. The van der Waals surface area contributed by atoms with E-state index in [-0.39, 0.29) is 5.91 Å². The van der Waals surface area contributed by atoms with Crippen LogP contribution in [0.4, 0.5) is 11.4 Å². The minimum Gasteiger partial charge on any atom is -0.360 e. The topological polar surface area (TPSA) is 56.1 Å². The molecule has 0 saturated carbocycles. The predicted octanol–water partition coefficient (Wildman–Crippen LogP) is 3.11. The molecule has 0 atom stereocenters. The van der Waals surface area contributed by atoms with Crippen LogP contribution < -0.4 is 10.2 Å². The Hall–Kier alpha value is -2.45. The molecule has 1 aliphatic rings. The maximum Gasteiger partial charge on any atom is 0.243 e. The molecule has 3 rings (SSSR count). The van der Waals surface area contributed by atoms with E-state index < -0.39 is 0 Å². The molecule has 1 N–H and O–H groups in total. The molecular weight excluding hydrogens is 294 g/mol. The Morgan fingerprint density at radius 3 is 3.00 bits per heavy atom. The lowest BCUT2D eigenvalue weighted by Crippen LogP contribution is -2.36. The van der Waals surface area contributed by atoms with Crippen molar-refractivity contribution in [3.8, 4) is 6.07 Å². The number of benzene rings is 2. The van der Waals surface area contributed by atoms with Gasteiger partial charge in [-0.1, -0.05) is 18.2 Å². The van der Waals surface area contributed by atoms with E-state index in [1.165, 1.54) is 4.90 Å². The van der Waals surface area contributed by atoms with Crippen LogP contribution in [0, 0.1) is 11.3 Å². The van der Waals surface area contributed by atoms with Gasteiger partial charge >= 0.3 is 0 Å². The quantitative estimate of drug-likeness (QED) is 0.946. The van der Waals surface area contributed by atoms with Crippen molar-refractivity contribution in [2.75, 3.05) is 29.1 Å². The minimum absolute atomic E-state index is 0.0724. The number of para-hydroxylation sites is 1. The first-order valence-electron chi connectivity index (χ1n) is 7.03. The van der Waals surface area contributed by atoms with Gasteiger partial charge < -0.3 is 10.2 Å². The summed E-state index contributed by atoms with van der Waals surface area (Å²) in [6.45, 7) is 1.17. The van der Waals surface area contributed by atoms with Gasteiger partial charge in [-0.3, -0.25) is 4.79 Å². The number of anilines is 2. The van der Waals surface area contributed by atoms with E-state index in [1.54, 1.807) is 24.3 Å². The average molecular weight is 309 g/mol. The molecule has 0 fully saturated rings. The van der Waals surface area contributed by atoms with Crippen molar-refractivity contribution < 1.29 is 4.79 Å². The highest BCUT2D eigenvalue weighted by Gasteiger charge is 2.19. The molecule has 5 heteroatoms. The Labute approximate surface area is 133 Å². The molecule has 2 aromatic rings. The lowest BCUT2D eigenvalue weighted by molar-refractivity contribution is -0.115. The summed E-state index contributed by atoms with van der Waals surface area (Å²) in [7, 11) is 0. The van der Waals surface area contributed by atoms with Gasteiger partial charge in [-0.05, 0) is 30.3 Å². The lowest BCUT2D eigenvalue weighted by atomic mass is 10.2. The molecule has 0 aromatic heterocycles. The molecule has 22 heavy (non-hydrogen) atoms. The van der Waals surface area contributed by atoms with Gasteiger partial charge in [0.15, 0.2) is 0 Å². The molecule has 1 aliphatic heterocycles. The van der Waals surface area contributed by atoms with Crippen molar-refractivity contribution in [3.05, 3.63) is 54.1 Å². The number of thioether (sulfide) groups is 1. The summed E-state index contributed by atoms with van der Waals surface area (Å²) in [6, 6.07) is 17.2. The Kier molecular flexibility index (Phi) is 4.31. The minimum atomic E-state index is -0.0724. The zero-order chi connectivity index (χ0) is 15.4. The van der Waals surface area contributed by atoms with Crippen LogP contribution in [0.1, 0.15) is 5.56 Å². The standard InChI is InChI=1S/C17H15N3OS/c18-11-13-4-3-5-14(10-13)19-17(21)12-20-8-9-22-16-7-2-1-6-15(16)20/h1-7,10H,8-9,12H2,(H,19,21). The number of carbonyl (C=O) groups excluding carboxylic acids is 1. The highest BCUT2D eigenvalue weighted by Crippen LogP contribution is 2.33. The molecule has 2 aromatic carbocycles. The van der Waals surface area contributed by atoms with Gasteiger partial charge in [0.2, 0.25) is 5.91 Å². The largest absolute Gasteiger partial charge is 0.360 e. The fourth-order valence-electron chi connectivity index (χ4n) is 2.43. The summed E-state index contributed by atoms with van der Waals surface area (Å²) >= 11 is 1.82. The van der Waals surface area contributed by atoms with Crippen LogP contribution in [0.15, 0.2) is 53.4 Å². The summed E-state index contributed by atoms with van der Waals surface area (Å²) in [5.74, 6) is 0.908. The fourth-order valence-corrected chi connectivity index (χ4v) is 3.48. The second-order valence-corrected chi connectivity index (χ2v) is 6.12. The van der Waals surface area contributed by atoms with Crippen LogP contribution in [-0.4, -0.2) is 24.7 Å². The van der Waals surface area contributed by atoms with Gasteiger partial charge in [0.25, 0.3) is 0 Å². The number of nitrogens with zero attached hydrogens (tertiary/aromatic N) is 2. The third-order valence-electron chi connectivity index (χ3n) is 3.43. The van der Waals surface area contributed by atoms with Crippen molar-refractivity contribution >= 4 is 29.0 Å². The molecular formula is C17H15N3OS. The second kappa shape index (κ2) is 6.54. The average Bonchev–Trinajstić information content (AvgIpc) is 2.55. The molecule has 110 valence electrons. The predicted molar refractivity (Wildman–Crippen MR) is 89.2 cm³/mol. The van der Waals surface area contributed by atoms with Crippen LogP contribution in [0.5, 0.6) is 0 Å². The number of amides is 1. The molecule has 0 bridgehead atoms. The van der Waals surface area contributed by atoms with Gasteiger partial charge in [-0.2, -0.15) is 5.26 Å². The number of hydrogen-bond donors (Lipinski definition) is 1. The first-order valence-corrected chi connectivity index (χ1v) is 8.01. The third kappa shape index (κ3) is 3.23. The number of fused-ring (bicyclic) bond motifs is 1. The van der Waals surface area contributed by atoms with Crippen molar-refractivity contribution in [2.24, 2.45) is 0 Å². The maximum atomic E-state index is 12.2. The van der Waals surface area contributed by atoms with Crippen LogP contribution in [0.2, 0.25) is 0 Å². The van der Waals surface area contributed by atoms with E-state index in [2.05, 4.69) is 22.4 Å². The van der Waals surface area contributed by atoms with E-state index in [0.29, 0.717) is 17.8 Å². The van der Waals surface area contributed by atoms with Gasteiger partial charge in [0.1, 0.15) is 0 Å². The molecule has 0 unspecified atom stereocenters. The van der Waals surface area contributed by atoms with Gasteiger partial charge in [0, 0.05) is 22.9 Å². The van der Waals surface area contributed by atoms with Gasteiger partial charge in [-0.25, -0.2) is 0 Å². The molecule has 0 radical (unpaired) electrons. The third-order valence-corrected chi connectivity index (χ3v) is 4.48. The van der Waals surface area contributed by atoms with E-state index in [0.717, 1.165) is 18.0 Å². The number of carbonyl (C=O) groups is 1. The summed E-state index contributed by atoms with van der Waals surface area (Å²) in [6.07, 6.45) is 0. The van der Waals surface area contributed by atoms with Crippen LogP contribution >= 0.6 is 11.8 Å². The molecule has 0 spiro atoms. The normalized spacial score (nSPS) is 13.1. The lowest BCUT2D eigenvalue weighted by Gasteiger charge is -2.30. The monoisotopic (exact) mass is 309 g/mol. The summed E-state index contributed by atoms with van der Waals surface area (Å²) < 4.78 is 0. The smallest absolute Gasteiger partial charge is 0.243 e. The zero-order valence-electron chi connectivity index (χ0n) is 12.0. The second-order valence-electron chi connectivity index (χ2n) is 4.98. The summed E-state index contributed by atoms with van der Waals surface area (Å²) in [5.41, 5.74) is 2.31. The van der Waals surface area contributed by atoms with E-state index in [1.807, 2.05) is 30.0 Å². The van der Waals surface area contributed by atoms with Crippen molar-refractivity contribution in [3.63, 3.8) is 0 Å². The Bertz CT molecular complexity index is 739. The SMILES string of the molecule is N#Cc1cccc(NC(=O)CN2CCSc3ccccc32)c1. The molecule has 1 amide bonds. The van der Waals surface area contributed by atoms with Crippen LogP contribution in [0.3, 0.4) is 0 Å². The van der Waals surface area contributed by atoms with E-state index in [9.17, 15) is 4.79 Å². The number of nitriles is 1. The first-order chi connectivity index (χ1) is 10.8. The Morgan fingerprint density at radius 1 is 1.27 bits per heavy atom. The fraction of sp³-hybridized carbons (Fsp3) is 0.176. The van der Waals surface area contributed by atoms with Crippen molar-refractivity contribution in [2.45, 2.75) is 4.90 Å². The van der Waals surface area contributed by atoms with Gasteiger partial charge in [-0.15, -0.1) is 11.8 Å². The maximum absolute atomic E-state index is 12.2. The van der Waals surface area contributed by atoms with Gasteiger partial charge in [0.05, 0.1) is 23.9 Å². The number of hydrogen-bond acceptors (Lipinski definition) is 4. The Morgan fingerprint density at radius 2 is 2.14 bits per heavy atom. The van der Waals surface area contributed by atoms with Crippen LogP contribution in [-0.2, 0) is 4.79 Å². The van der Waals surface area contributed by atoms with Crippen molar-refractivity contribution in [1.82, 2.24) is 0 Å². The number of rotatable bonds is 3. The number of nitrogens with one attached hydrogen (secondary N) is 1. The van der Waals surface area contributed by atoms with E-state index in [4.69, 9.17) is 5.26 Å². The summed E-state index contributed by atoms with van der Waals surface area (Å²) in [5, 5.41) is 11.7. The molecule has 4 nitrogen and oxygen atoms in total. The first kappa shape index (κ1) is 14.5. The Balaban J connectivity index is 1.69. The highest BCUT2D eigenvalue weighted by atomic mass is 32.2.